The normalized spacial score (nSPS) is 10.7. The average Bonchev–Trinajstić information content (AvgIpc) is 2.96. The molecule has 0 aliphatic heterocycles. The van der Waals surface area contributed by atoms with Crippen LogP contribution in [0.4, 0.5) is 5.69 Å². The molecule has 3 aromatic rings. The number of para-hydroxylation sites is 2. The highest BCUT2D eigenvalue weighted by Gasteiger charge is 2.09. The number of carbonyl (C=O) groups excluding carboxylic acids is 2. The molecule has 3 rings (SSSR count). The molecule has 0 atom stereocenters. The number of anilines is 1. The van der Waals surface area contributed by atoms with Gasteiger partial charge < -0.3 is 15.1 Å². The number of nitrogens with one attached hydrogen (secondary N) is 2. The maximum atomic E-state index is 12.0. The number of rotatable bonds is 7. The molecule has 2 aromatic carbocycles. The third-order valence-electron chi connectivity index (χ3n) is 4.12. The van der Waals surface area contributed by atoms with Gasteiger partial charge in [-0.2, -0.15) is 0 Å². The molecule has 1 aromatic heterocycles. The van der Waals surface area contributed by atoms with Crippen molar-refractivity contribution < 1.29 is 14.0 Å². The zero-order valence-electron chi connectivity index (χ0n) is 15.0. The minimum Gasteiger partial charge on any atom is -0.408 e. The molecule has 0 aliphatic carbocycles. The summed E-state index contributed by atoms with van der Waals surface area (Å²) in [6, 6.07) is 14.5. The van der Waals surface area contributed by atoms with Crippen molar-refractivity contribution in [3.8, 4) is 0 Å². The predicted molar refractivity (Wildman–Crippen MR) is 102 cm³/mol. The number of oxazole rings is 1. The van der Waals surface area contributed by atoms with Crippen LogP contribution in [0.25, 0.3) is 11.1 Å². The van der Waals surface area contributed by atoms with Crippen LogP contribution in [0.2, 0.25) is 0 Å². The van der Waals surface area contributed by atoms with E-state index in [-0.39, 0.29) is 11.8 Å². The lowest BCUT2D eigenvalue weighted by Gasteiger charge is -2.07. The first-order chi connectivity index (χ1) is 13.0. The molecule has 0 fully saturated rings. The Labute approximate surface area is 156 Å². The standard InChI is InChI=1S/C20H21N3O4/c1-14(24)22-16-10-8-15(9-11-16)13-21-19(25)7-4-12-23-17-5-2-3-6-18(17)27-20(23)26/h2-3,5-6,8-11H,4,7,12-13H2,1H3,(H,21,25)(H,22,24). The van der Waals surface area contributed by atoms with Gasteiger partial charge in [-0.1, -0.05) is 24.3 Å². The van der Waals surface area contributed by atoms with Gasteiger partial charge in [0.25, 0.3) is 0 Å². The Morgan fingerprint density at radius 1 is 1.07 bits per heavy atom. The Kier molecular flexibility index (Phi) is 5.71. The van der Waals surface area contributed by atoms with E-state index in [0.29, 0.717) is 31.5 Å². The minimum absolute atomic E-state index is 0.0817. The van der Waals surface area contributed by atoms with Crippen LogP contribution in [-0.4, -0.2) is 16.4 Å². The van der Waals surface area contributed by atoms with E-state index >= 15 is 0 Å². The largest absolute Gasteiger partial charge is 0.419 e. The van der Waals surface area contributed by atoms with Crippen LogP contribution in [-0.2, 0) is 22.7 Å². The zero-order valence-corrected chi connectivity index (χ0v) is 15.0. The SMILES string of the molecule is CC(=O)Nc1ccc(CNC(=O)CCCn2c(=O)oc3ccccc32)cc1. The van der Waals surface area contributed by atoms with E-state index in [9.17, 15) is 14.4 Å². The van der Waals surface area contributed by atoms with Crippen molar-refractivity contribution in [1.82, 2.24) is 9.88 Å². The number of aromatic nitrogens is 1. The Morgan fingerprint density at radius 3 is 2.56 bits per heavy atom. The summed E-state index contributed by atoms with van der Waals surface area (Å²) < 4.78 is 6.72. The van der Waals surface area contributed by atoms with Gasteiger partial charge in [0, 0.05) is 32.1 Å². The fraction of sp³-hybridized carbons (Fsp3) is 0.250. The van der Waals surface area contributed by atoms with Gasteiger partial charge in [0.2, 0.25) is 11.8 Å². The van der Waals surface area contributed by atoms with Crippen LogP contribution in [0.3, 0.4) is 0 Å². The van der Waals surface area contributed by atoms with Gasteiger partial charge in [-0.25, -0.2) is 4.79 Å². The molecule has 2 amide bonds. The molecule has 7 nitrogen and oxygen atoms in total. The summed E-state index contributed by atoms with van der Waals surface area (Å²) in [4.78, 5) is 34.9. The lowest BCUT2D eigenvalue weighted by molar-refractivity contribution is -0.121. The molecule has 0 saturated carbocycles. The van der Waals surface area contributed by atoms with Crippen LogP contribution in [0.1, 0.15) is 25.3 Å². The van der Waals surface area contributed by atoms with Gasteiger partial charge in [0.15, 0.2) is 5.58 Å². The molecule has 0 unspecified atom stereocenters. The van der Waals surface area contributed by atoms with Crippen molar-refractivity contribution in [1.29, 1.82) is 0 Å². The first-order valence-corrected chi connectivity index (χ1v) is 8.74. The molecule has 2 N–H and O–H groups in total. The highest BCUT2D eigenvalue weighted by Crippen LogP contribution is 2.12. The molecule has 27 heavy (non-hydrogen) atoms. The summed E-state index contributed by atoms with van der Waals surface area (Å²) in [5.41, 5.74) is 2.95. The van der Waals surface area contributed by atoms with Gasteiger partial charge in [-0.3, -0.25) is 14.2 Å². The average molecular weight is 367 g/mol. The van der Waals surface area contributed by atoms with Crippen LogP contribution in [0, 0.1) is 0 Å². The molecule has 0 spiro atoms. The van der Waals surface area contributed by atoms with E-state index in [1.807, 2.05) is 30.3 Å². The lowest BCUT2D eigenvalue weighted by Crippen LogP contribution is -2.23. The number of amides is 2. The van der Waals surface area contributed by atoms with Gasteiger partial charge in [0.1, 0.15) is 0 Å². The smallest absolute Gasteiger partial charge is 0.408 e. The summed E-state index contributed by atoms with van der Waals surface area (Å²) >= 11 is 0. The number of carbonyl (C=O) groups is 2. The van der Waals surface area contributed by atoms with E-state index in [1.54, 1.807) is 22.8 Å². The van der Waals surface area contributed by atoms with Gasteiger partial charge in [0.05, 0.1) is 5.52 Å². The first-order valence-electron chi connectivity index (χ1n) is 8.74. The summed E-state index contributed by atoms with van der Waals surface area (Å²) in [5.74, 6) is -0.613. The maximum absolute atomic E-state index is 12.0. The van der Waals surface area contributed by atoms with E-state index in [0.717, 1.165) is 16.8 Å². The van der Waals surface area contributed by atoms with Crippen molar-refractivity contribution in [2.45, 2.75) is 32.9 Å². The molecule has 0 radical (unpaired) electrons. The lowest BCUT2D eigenvalue weighted by atomic mass is 10.2. The van der Waals surface area contributed by atoms with E-state index < -0.39 is 5.76 Å². The van der Waals surface area contributed by atoms with Crippen LogP contribution < -0.4 is 16.4 Å². The number of benzene rings is 2. The van der Waals surface area contributed by atoms with Crippen LogP contribution in [0.15, 0.2) is 57.7 Å². The second-order valence-corrected chi connectivity index (χ2v) is 6.25. The Bertz CT molecular complexity index is 1000. The molecular formula is C20H21N3O4. The fourth-order valence-corrected chi connectivity index (χ4v) is 2.82. The van der Waals surface area contributed by atoms with Crippen molar-refractivity contribution in [3.05, 3.63) is 64.6 Å². The maximum Gasteiger partial charge on any atom is 0.419 e. The third-order valence-corrected chi connectivity index (χ3v) is 4.12. The van der Waals surface area contributed by atoms with E-state index in [4.69, 9.17) is 4.42 Å². The number of fused-ring (bicyclic) bond motifs is 1. The fourth-order valence-electron chi connectivity index (χ4n) is 2.82. The minimum atomic E-state index is -0.407. The second kappa shape index (κ2) is 8.35. The number of hydrogen-bond acceptors (Lipinski definition) is 4. The van der Waals surface area contributed by atoms with Crippen LogP contribution >= 0.6 is 0 Å². The quantitative estimate of drug-likeness (QED) is 0.671. The summed E-state index contributed by atoms with van der Waals surface area (Å²) in [5, 5.41) is 5.55. The number of hydrogen-bond donors (Lipinski definition) is 2. The van der Waals surface area contributed by atoms with Crippen molar-refractivity contribution in [2.75, 3.05) is 5.32 Å². The van der Waals surface area contributed by atoms with Crippen molar-refractivity contribution in [3.63, 3.8) is 0 Å². The highest BCUT2D eigenvalue weighted by atomic mass is 16.4. The molecular weight excluding hydrogens is 346 g/mol. The van der Waals surface area contributed by atoms with E-state index in [1.165, 1.54) is 6.92 Å². The zero-order chi connectivity index (χ0) is 19.2. The summed E-state index contributed by atoms with van der Waals surface area (Å²) in [6.45, 7) is 2.29. The van der Waals surface area contributed by atoms with Gasteiger partial charge >= 0.3 is 5.76 Å². The molecule has 140 valence electrons. The van der Waals surface area contributed by atoms with Crippen molar-refractivity contribution in [2.24, 2.45) is 0 Å². The molecule has 7 heteroatoms. The number of aryl methyl sites for hydroxylation is 1. The summed E-state index contributed by atoms with van der Waals surface area (Å²) in [7, 11) is 0. The van der Waals surface area contributed by atoms with Crippen molar-refractivity contribution >= 4 is 28.6 Å². The second-order valence-electron chi connectivity index (χ2n) is 6.25. The summed E-state index contributed by atoms with van der Waals surface area (Å²) in [6.07, 6.45) is 0.854. The predicted octanol–water partition coefficient (Wildman–Crippen LogP) is 2.65. The Morgan fingerprint density at radius 2 is 1.81 bits per heavy atom. The monoisotopic (exact) mass is 367 g/mol. The molecule has 0 aliphatic rings. The van der Waals surface area contributed by atoms with Crippen LogP contribution in [0.5, 0.6) is 0 Å². The van der Waals surface area contributed by atoms with Gasteiger partial charge in [-0.15, -0.1) is 0 Å². The first kappa shape index (κ1) is 18.4. The molecule has 0 saturated heterocycles. The number of nitrogens with zero attached hydrogens (tertiary/aromatic N) is 1. The molecule has 0 bridgehead atoms. The van der Waals surface area contributed by atoms with E-state index in [2.05, 4.69) is 10.6 Å². The van der Waals surface area contributed by atoms with Gasteiger partial charge in [-0.05, 0) is 36.2 Å². The topological polar surface area (TPSA) is 93.3 Å². The third kappa shape index (κ3) is 4.84. The molecule has 1 heterocycles. The Balaban J connectivity index is 1.46. The highest BCUT2D eigenvalue weighted by molar-refractivity contribution is 5.88. The Hall–Kier alpha value is -3.35.